The Labute approximate surface area is 159 Å². The summed E-state index contributed by atoms with van der Waals surface area (Å²) in [6.45, 7) is 3.55. The van der Waals surface area contributed by atoms with Crippen molar-refractivity contribution in [3.8, 4) is 0 Å². The van der Waals surface area contributed by atoms with E-state index in [0.717, 1.165) is 29.3 Å². The second kappa shape index (κ2) is 6.03. The average Bonchev–Trinajstić information content (AvgIpc) is 3.18. The first-order valence-corrected chi connectivity index (χ1v) is 10.2. The molecular formula is C23H24N4. The Morgan fingerprint density at radius 1 is 0.815 bits per heavy atom. The van der Waals surface area contributed by atoms with Gasteiger partial charge in [0.1, 0.15) is 5.82 Å². The van der Waals surface area contributed by atoms with Crippen LogP contribution in [-0.4, -0.2) is 46.6 Å². The van der Waals surface area contributed by atoms with E-state index in [1.807, 2.05) is 18.3 Å². The minimum Gasteiger partial charge on any atom is -0.350 e. The summed E-state index contributed by atoms with van der Waals surface area (Å²) in [6, 6.07) is 20.5. The number of para-hydroxylation sites is 2. The fourth-order valence-corrected chi connectivity index (χ4v) is 5.76. The predicted octanol–water partition coefficient (Wildman–Crippen LogP) is 3.70. The molecule has 5 heterocycles. The third-order valence-electron chi connectivity index (χ3n) is 6.95. The molecule has 2 bridgehead atoms. The standard InChI is InChI=1S/C23H24N4/c1-2-6-16(7-3-1)18-15-27(22-17-10-12-26(13-11-17)23(18)22)21-14-24-19-8-4-5-9-20(19)25-21/h1-9,14,17-18,22-23H,10-13,15H2/t18-,22+,23+/m1/s1. The fraction of sp³-hybridized carbons (Fsp3) is 0.391. The van der Waals surface area contributed by atoms with Crippen molar-refractivity contribution in [3.05, 3.63) is 66.4 Å². The first-order valence-electron chi connectivity index (χ1n) is 10.2. The van der Waals surface area contributed by atoms with E-state index in [2.05, 4.69) is 52.3 Å². The molecule has 4 nitrogen and oxygen atoms in total. The highest BCUT2D eigenvalue weighted by atomic mass is 15.3. The van der Waals surface area contributed by atoms with Gasteiger partial charge in [0.15, 0.2) is 0 Å². The maximum absolute atomic E-state index is 5.00. The molecule has 4 fully saturated rings. The minimum absolute atomic E-state index is 0.549. The van der Waals surface area contributed by atoms with Gasteiger partial charge in [0.25, 0.3) is 0 Å². The molecule has 3 aromatic rings. The zero-order valence-corrected chi connectivity index (χ0v) is 15.4. The van der Waals surface area contributed by atoms with Crippen molar-refractivity contribution in [2.45, 2.75) is 30.8 Å². The third kappa shape index (κ3) is 2.39. The van der Waals surface area contributed by atoms with Crippen LogP contribution in [0.4, 0.5) is 5.82 Å². The summed E-state index contributed by atoms with van der Waals surface area (Å²) in [6.07, 6.45) is 4.63. The molecule has 4 heteroatoms. The number of benzene rings is 2. The summed E-state index contributed by atoms with van der Waals surface area (Å²) in [5.74, 6) is 2.38. The summed E-state index contributed by atoms with van der Waals surface area (Å²) in [7, 11) is 0. The Morgan fingerprint density at radius 3 is 2.37 bits per heavy atom. The topological polar surface area (TPSA) is 32.3 Å². The Balaban J connectivity index is 1.44. The van der Waals surface area contributed by atoms with Crippen LogP contribution in [0.5, 0.6) is 0 Å². The lowest BCUT2D eigenvalue weighted by molar-refractivity contribution is 0.0354. The zero-order chi connectivity index (χ0) is 17.8. The average molecular weight is 356 g/mol. The largest absolute Gasteiger partial charge is 0.350 e. The van der Waals surface area contributed by atoms with Crippen molar-refractivity contribution in [2.75, 3.05) is 24.5 Å². The lowest BCUT2D eigenvalue weighted by atomic mass is 9.75. The normalized spacial score (nSPS) is 32.0. The molecule has 7 rings (SSSR count). The van der Waals surface area contributed by atoms with Crippen LogP contribution in [0.15, 0.2) is 60.8 Å². The highest BCUT2D eigenvalue weighted by Gasteiger charge is 2.53. The lowest BCUT2D eigenvalue weighted by Crippen LogP contribution is -2.60. The van der Waals surface area contributed by atoms with Gasteiger partial charge in [0.05, 0.1) is 17.2 Å². The Kier molecular flexibility index (Phi) is 3.48. The molecule has 0 aliphatic carbocycles. The molecule has 0 unspecified atom stereocenters. The van der Waals surface area contributed by atoms with Crippen molar-refractivity contribution in [1.29, 1.82) is 0 Å². The molecule has 4 aliphatic rings. The van der Waals surface area contributed by atoms with Gasteiger partial charge in [0, 0.05) is 24.5 Å². The van der Waals surface area contributed by atoms with Gasteiger partial charge in [-0.3, -0.25) is 9.88 Å². The summed E-state index contributed by atoms with van der Waals surface area (Å²) in [5.41, 5.74) is 3.44. The third-order valence-corrected chi connectivity index (χ3v) is 6.95. The number of anilines is 1. The Bertz CT molecular complexity index is 964. The smallest absolute Gasteiger partial charge is 0.148 e. The number of hydrogen-bond acceptors (Lipinski definition) is 4. The highest BCUT2D eigenvalue weighted by molar-refractivity contribution is 5.75. The highest BCUT2D eigenvalue weighted by Crippen LogP contribution is 2.47. The number of fused-ring (bicyclic) bond motifs is 3. The molecule has 0 spiro atoms. The number of nitrogens with zero attached hydrogens (tertiary/aromatic N) is 4. The van der Waals surface area contributed by atoms with Crippen LogP contribution in [0, 0.1) is 5.92 Å². The first kappa shape index (κ1) is 15.6. The van der Waals surface area contributed by atoms with E-state index in [4.69, 9.17) is 9.97 Å². The van der Waals surface area contributed by atoms with Gasteiger partial charge in [-0.05, 0) is 49.5 Å². The summed E-state index contributed by atoms with van der Waals surface area (Å²) in [4.78, 5) is 15.0. The van der Waals surface area contributed by atoms with E-state index < -0.39 is 0 Å². The van der Waals surface area contributed by atoms with Crippen molar-refractivity contribution < 1.29 is 0 Å². The molecule has 0 amide bonds. The molecule has 0 N–H and O–H groups in total. The number of hydrogen-bond donors (Lipinski definition) is 0. The quantitative estimate of drug-likeness (QED) is 0.701. The van der Waals surface area contributed by atoms with Gasteiger partial charge in [-0.25, -0.2) is 4.98 Å². The van der Waals surface area contributed by atoms with E-state index in [-0.39, 0.29) is 0 Å². The minimum atomic E-state index is 0.549. The van der Waals surface area contributed by atoms with E-state index in [9.17, 15) is 0 Å². The van der Waals surface area contributed by atoms with Crippen molar-refractivity contribution >= 4 is 16.9 Å². The molecule has 2 aromatic carbocycles. The van der Waals surface area contributed by atoms with Gasteiger partial charge in [-0.1, -0.05) is 42.5 Å². The number of piperidine rings is 3. The van der Waals surface area contributed by atoms with E-state index in [1.54, 1.807) is 0 Å². The zero-order valence-electron chi connectivity index (χ0n) is 15.4. The Morgan fingerprint density at radius 2 is 1.56 bits per heavy atom. The molecule has 0 radical (unpaired) electrons. The summed E-state index contributed by atoms with van der Waals surface area (Å²) >= 11 is 0. The van der Waals surface area contributed by atoms with Gasteiger partial charge in [-0.2, -0.15) is 0 Å². The molecular weight excluding hydrogens is 332 g/mol. The fourth-order valence-electron chi connectivity index (χ4n) is 5.76. The van der Waals surface area contributed by atoms with Gasteiger partial charge >= 0.3 is 0 Å². The van der Waals surface area contributed by atoms with E-state index >= 15 is 0 Å². The van der Waals surface area contributed by atoms with Crippen LogP contribution in [0.1, 0.15) is 24.3 Å². The summed E-state index contributed by atoms with van der Waals surface area (Å²) in [5, 5.41) is 0. The SMILES string of the molecule is c1ccc([C@H]2CN(c3cnc4ccccc4n3)[C@H]3C4CCN(CC4)[C@@H]23)cc1. The van der Waals surface area contributed by atoms with Crippen LogP contribution in [-0.2, 0) is 0 Å². The van der Waals surface area contributed by atoms with Gasteiger partial charge in [-0.15, -0.1) is 0 Å². The Hall–Kier alpha value is -2.46. The van der Waals surface area contributed by atoms with E-state index in [1.165, 1.54) is 31.5 Å². The van der Waals surface area contributed by atoms with Crippen LogP contribution in [0.2, 0.25) is 0 Å². The van der Waals surface area contributed by atoms with Crippen molar-refractivity contribution in [1.82, 2.24) is 14.9 Å². The molecule has 4 aliphatic heterocycles. The molecule has 3 atom stereocenters. The van der Waals surface area contributed by atoms with Gasteiger partial charge in [0.2, 0.25) is 0 Å². The predicted molar refractivity (Wildman–Crippen MR) is 108 cm³/mol. The van der Waals surface area contributed by atoms with Gasteiger partial charge < -0.3 is 4.90 Å². The summed E-state index contributed by atoms with van der Waals surface area (Å²) < 4.78 is 0. The van der Waals surface area contributed by atoms with Crippen LogP contribution < -0.4 is 4.90 Å². The second-order valence-corrected chi connectivity index (χ2v) is 8.24. The maximum Gasteiger partial charge on any atom is 0.148 e. The van der Waals surface area contributed by atoms with Crippen LogP contribution in [0.3, 0.4) is 0 Å². The van der Waals surface area contributed by atoms with Crippen molar-refractivity contribution in [2.24, 2.45) is 5.92 Å². The van der Waals surface area contributed by atoms with Crippen molar-refractivity contribution in [3.63, 3.8) is 0 Å². The number of aromatic nitrogens is 2. The molecule has 27 heavy (non-hydrogen) atoms. The maximum atomic E-state index is 5.00. The second-order valence-electron chi connectivity index (χ2n) is 8.24. The molecule has 0 saturated carbocycles. The first-order chi connectivity index (χ1) is 13.4. The lowest BCUT2D eigenvalue weighted by Gasteiger charge is -2.51. The number of rotatable bonds is 2. The molecule has 1 aromatic heterocycles. The van der Waals surface area contributed by atoms with E-state index in [0.29, 0.717) is 18.0 Å². The molecule has 4 saturated heterocycles. The van der Waals surface area contributed by atoms with Crippen LogP contribution >= 0.6 is 0 Å². The van der Waals surface area contributed by atoms with Crippen LogP contribution in [0.25, 0.3) is 11.0 Å². The molecule has 136 valence electrons. The monoisotopic (exact) mass is 356 g/mol.